The first-order valence-electron chi connectivity index (χ1n) is 5.74. The van der Waals surface area contributed by atoms with Crippen LogP contribution >= 0.6 is 0 Å². The minimum atomic E-state index is -1.46. The number of hydrogen-bond acceptors (Lipinski definition) is 1. The van der Waals surface area contributed by atoms with Gasteiger partial charge < -0.3 is 12.4 Å². The number of unbranched alkanes of at least 4 members (excludes halogenated alkanes) is 2. The van der Waals surface area contributed by atoms with E-state index in [4.69, 9.17) is 4.43 Å². The van der Waals surface area contributed by atoms with Crippen molar-refractivity contribution in [2.24, 2.45) is 0 Å². The summed E-state index contributed by atoms with van der Waals surface area (Å²) < 4.78 is 7.42. The van der Waals surface area contributed by atoms with Crippen molar-refractivity contribution in [1.82, 2.24) is 0 Å². The molecule has 0 aromatic heterocycles. The van der Waals surface area contributed by atoms with Gasteiger partial charge in [-0.15, -0.1) is 0 Å². The molecule has 4 heteroatoms. The second kappa shape index (κ2) is 8.34. The zero-order valence-electron chi connectivity index (χ0n) is 11.0. The van der Waals surface area contributed by atoms with Gasteiger partial charge in [-0.3, -0.25) is 0 Å². The van der Waals surface area contributed by atoms with Gasteiger partial charge in [0, 0.05) is 0 Å². The first-order chi connectivity index (χ1) is 6.31. The van der Waals surface area contributed by atoms with E-state index >= 15 is 0 Å². The summed E-state index contributed by atoms with van der Waals surface area (Å²) in [6.07, 6.45) is 3.93. The molecule has 0 spiro atoms. The van der Waals surface area contributed by atoms with Crippen molar-refractivity contribution in [3.05, 3.63) is 0 Å². The zero-order valence-corrected chi connectivity index (χ0v) is 14.2. The maximum Gasteiger partial charge on any atom is -1.00 e. The normalized spacial score (nSPS) is 12.5. The Morgan fingerprint density at radius 2 is 1.60 bits per heavy atom. The molecule has 0 atom stereocenters. The topological polar surface area (TPSA) is 9.23 Å². The predicted octanol–water partition coefficient (Wildman–Crippen LogP) is 0.769. The molecule has 0 aliphatic heterocycles. The second-order valence-electron chi connectivity index (χ2n) is 5.52. The fraction of sp³-hybridized carbons (Fsp3) is 1.00. The summed E-state index contributed by atoms with van der Waals surface area (Å²) in [5.41, 5.74) is 0. The van der Waals surface area contributed by atoms with Crippen molar-refractivity contribution in [2.75, 3.05) is 6.61 Å². The van der Waals surface area contributed by atoms with E-state index in [0.717, 1.165) is 6.61 Å². The summed E-state index contributed by atoms with van der Waals surface area (Å²) in [4.78, 5) is 0. The Labute approximate surface area is 116 Å². The van der Waals surface area contributed by atoms with Crippen LogP contribution in [-0.4, -0.2) is 36.6 Å². The van der Waals surface area contributed by atoms with Crippen LogP contribution in [0.4, 0.5) is 0 Å². The van der Waals surface area contributed by atoms with Crippen LogP contribution in [0, 0.1) is 0 Å². The maximum absolute atomic E-state index is 6.08. The van der Waals surface area contributed by atoms with E-state index < -0.39 is 8.32 Å². The van der Waals surface area contributed by atoms with Gasteiger partial charge in [-0.2, -0.15) is 0 Å². The molecule has 0 amide bonds. The van der Waals surface area contributed by atoms with Crippen LogP contribution in [0.2, 0.25) is 22.7 Å². The summed E-state index contributed by atoms with van der Waals surface area (Å²) >= 11 is 2.07. The fourth-order valence-electron chi connectivity index (χ4n) is 0.999. The smallest absolute Gasteiger partial charge is 1.00 e. The van der Waals surface area contributed by atoms with Crippen LogP contribution < -0.4 is 12.4 Å². The van der Waals surface area contributed by atoms with Crippen molar-refractivity contribution in [3.63, 3.8) is 0 Å². The van der Waals surface area contributed by atoms with Gasteiger partial charge >= 0.3 is 104 Å². The first kappa shape index (κ1) is 18.6. The van der Waals surface area contributed by atoms with Crippen LogP contribution in [0.25, 0.3) is 0 Å². The first-order valence-corrected chi connectivity index (χ1v) is 9.65. The van der Waals surface area contributed by atoms with Crippen molar-refractivity contribution in [3.8, 4) is 0 Å². The molecule has 0 rings (SSSR count). The third kappa shape index (κ3) is 8.02. The Kier molecular flexibility index (Phi) is 10.3. The molecule has 0 saturated heterocycles. The molecule has 15 heavy (non-hydrogen) atoms. The standard InChI is InChI=1S/C11H25OSi.ClH.Mg/c1-7-8-9-10-12-13(5,6)11(2,3)4;;/h1,7-10H2,2-6H3;1H;/q;;+1/p-1. The van der Waals surface area contributed by atoms with Crippen LogP contribution in [0.1, 0.15) is 40.0 Å². The van der Waals surface area contributed by atoms with Crippen LogP contribution in [0.15, 0.2) is 0 Å². The van der Waals surface area contributed by atoms with Crippen molar-refractivity contribution in [2.45, 2.75) is 62.7 Å². The zero-order chi connectivity index (χ0) is 11.2. The molecular weight excluding hydrogens is 236 g/mol. The molecule has 0 heterocycles. The molecule has 1 nitrogen and oxygen atoms in total. The second-order valence-corrected chi connectivity index (χ2v) is 11.0. The van der Waals surface area contributed by atoms with Crippen molar-refractivity contribution < 1.29 is 16.8 Å². The molecular formula is C11H25ClMgOSi. The van der Waals surface area contributed by atoms with E-state index in [1.807, 2.05) is 0 Å². The van der Waals surface area contributed by atoms with Gasteiger partial charge in [0.2, 0.25) is 0 Å². The van der Waals surface area contributed by atoms with Crippen LogP contribution in [0.5, 0.6) is 0 Å². The van der Waals surface area contributed by atoms with E-state index in [2.05, 4.69) is 55.6 Å². The van der Waals surface area contributed by atoms with Crippen LogP contribution in [0.3, 0.4) is 0 Å². The van der Waals surface area contributed by atoms with Crippen LogP contribution in [-0.2, 0) is 4.43 Å². The van der Waals surface area contributed by atoms with Gasteiger partial charge in [0.1, 0.15) is 0 Å². The molecule has 0 aromatic rings. The third-order valence-corrected chi connectivity index (χ3v) is 8.20. The summed E-state index contributed by atoms with van der Waals surface area (Å²) in [5, 5.41) is 0.360. The number of halogens is 1. The molecule has 0 saturated carbocycles. The van der Waals surface area contributed by atoms with Gasteiger partial charge in [-0.25, -0.2) is 0 Å². The molecule has 0 bridgehead atoms. The Morgan fingerprint density at radius 1 is 1.07 bits per heavy atom. The molecule has 0 aliphatic rings. The fourth-order valence-corrected chi connectivity index (χ4v) is 2.44. The van der Waals surface area contributed by atoms with Gasteiger partial charge in [0.25, 0.3) is 0 Å². The van der Waals surface area contributed by atoms with E-state index in [-0.39, 0.29) is 12.4 Å². The summed E-state index contributed by atoms with van der Waals surface area (Å²) in [7, 11) is -1.46. The minimum absolute atomic E-state index is 0. The Hall–Kier alpha value is 1.23. The van der Waals surface area contributed by atoms with E-state index in [9.17, 15) is 0 Å². The number of rotatable bonds is 6. The molecule has 88 valence electrons. The quantitative estimate of drug-likeness (QED) is 0.507. The summed E-state index contributed by atoms with van der Waals surface area (Å²) in [5.74, 6) is 0. The van der Waals surface area contributed by atoms with Gasteiger partial charge in [0.15, 0.2) is 0 Å². The Morgan fingerprint density at radius 3 is 2.00 bits per heavy atom. The van der Waals surface area contributed by atoms with E-state index in [1.165, 1.54) is 23.8 Å². The van der Waals surface area contributed by atoms with E-state index in [1.54, 1.807) is 0 Å². The molecule has 0 N–H and O–H groups in total. The van der Waals surface area contributed by atoms with Gasteiger partial charge in [-0.1, -0.05) is 0 Å². The maximum atomic E-state index is 6.08. The average Bonchev–Trinajstić information content (AvgIpc) is 2.02. The Balaban J connectivity index is 0. The predicted molar refractivity (Wildman–Crippen MR) is 67.6 cm³/mol. The van der Waals surface area contributed by atoms with Crippen molar-refractivity contribution in [1.29, 1.82) is 0 Å². The van der Waals surface area contributed by atoms with Gasteiger partial charge in [0.05, 0.1) is 0 Å². The Bertz CT molecular complexity index is 157. The monoisotopic (exact) mass is 260 g/mol. The summed E-state index contributed by atoms with van der Waals surface area (Å²) in [6, 6.07) is 0. The molecule has 0 aliphatic carbocycles. The van der Waals surface area contributed by atoms with Gasteiger partial charge in [-0.05, 0) is 0 Å². The molecule has 0 unspecified atom stereocenters. The number of hydrogen-bond donors (Lipinski definition) is 0. The summed E-state index contributed by atoms with van der Waals surface area (Å²) in [6.45, 7) is 12.5. The SMILES string of the molecule is CC(C)(C)[Si](C)(C)OCCCC[CH2][Mg+].[Cl-]. The van der Waals surface area contributed by atoms with E-state index in [0.29, 0.717) is 5.04 Å². The minimum Gasteiger partial charge on any atom is -1.00 e. The molecule has 0 radical (unpaired) electrons. The molecule has 0 fully saturated rings. The largest absolute Gasteiger partial charge is 1.00 e. The third-order valence-electron chi connectivity index (χ3n) is 3.16. The van der Waals surface area contributed by atoms with Crippen molar-refractivity contribution >= 4 is 30.0 Å². The molecule has 0 aromatic carbocycles. The average molecular weight is 261 g/mol.